The first-order valence-corrected chi connectivity index (χ1v) is 51.9. The van der Waals surface area contributed by atoms with Gasteiger partial charge in [0.2, 0.25) is 0 Å². The van der Waals surface area contributed by atoms with Crippen LogP contribution in [0.5, 0.6) is 11.5 Å². The molecular weight excluding hydrogens is 1930 g/mol. The Labute approximate surface area is 893 Å². The van der Waals surface area contributed by atoms with Crippen molar-refractivity contribution in [1.82, 2.24) is 0 Å². The number of benzene rings is 20. The molecule has 0 saturated heterocycles. The van der Waals surface area contributed by atoms with Crippen LogP contribution in [0.1, 0.15) is 125 Å². The Morgan fingerprint density at radius 2 is 0.381 bits per heavy atom. The molecule has 0 aromatic heterocycles. The normalized spacial score (nSPS) is 12.1. The van der Waals surface area contributed by atoms with Gasteiger partial charge in [-0.15, -0.1) is 152 Å². The third-order valence-electron chi connectivity index (χ3n) is 24.9. The highest BCUT2D eigenvalue weighted by Gasteiger charge is 2.36. The SMILES string of the molecule is CC(C)(c1ccc(S)cc1)c1ccc(S)cc1.CC(C)(c1ccc(S)cc1S)c1ccc(S)cc1S.CC(C)(c1ccccc1S)c1ccccc1S.CC1(C)c2ccc(S)cc2Oc2cc(S)ccc21.CC1(C)c2ccc(S)cc2Sc2cc(S)ccc21.c1ccc2ccccc2c1.c1ccc2ccccc2c1.c1ccc2ccccc2c1.c1ccc2ccccc2c1.c1ccc2ccccc2c1. The number of thiol groups is 12. The van der Waals surface area contributed by atoms with E-state index in [0.717, 1.165) is 81.4 Å². The summed E-state index contributed by atoms with van der Waals surface area (Å²) in [5.41, 5.74) is 12.2. The van der Waals surface area contributed by atoms with Gasteiger partial charge in [0.05, 0.1) is 0 Å². The molecule has 0 fully saturated rings. The van der Waals surface area contributed by atoms with E-state index in [1.165, 1.54) is 108 Å². The van der Waals surface area contributed by atoms with Crippen molar-refractivity contribution in [2.75, 3.05) is 0 Å². The zero-order chi connectivity index (χ0) is 99.0. The summed E-state index contributed by atoms with van der Waals surface area (Å²) in [5, 5.41) is 13.1. The van der Waals surface area contributed by atoms with Crippen molar-refractivity contribution in [3.8, 4) is 11.5 Å². The Hall–Kier alpha value is -9.95. The molecule has 2 aliphatic heterocycles. The quantitative estimate of drug-likeness (QED) is 0.0757. The molecule has 14 heteroatoms. The summed E-state index contributed by atoms with van der Waals surface area (Å²) in [6, 6.07) is 154. The fraction of sp³-hybridized carbons (Fsp3) is 0.120. The molecule has 0 amide bonds. The van der Waals surface area contributed by atoms with Crippen LogP contribution in [0.15, 0.2) is 517 Å². The largest absolute Gasteiger partial charge is 0.457 e. The van der Waals surface area contributed by atoms with Crippen LogP contribution in [0.25, 0.3) is 53.9 Å². The minimum absolute atomic E-state index is 0.00293. The van der Waals surface area contributed by atoms with Crippen LogP contribution < -0.4 is 4.74 Å². The van der Waals surface area contributed by atoms with Crippen LogP contribution in [0, 0.1) is 0 Å². The molecule has 0 N–H and O–H groups in total. The smallest absolute Gasteiger partial charge is 0.132 e. The minimum Gasteiger partial charge on any atom is -0.457 e. The third kappa shape index (κ3) is 28.3. The Balaban J connectivity index is 0.000000131. The Morgan fingerprint density at radius 3 is 0.626 bits per heavy atom. The summed E-state index contributed by atoms with van der Waals surface area (Å²) >= 11 is 55.0. The summed E-state index contributed by atoms with van der Waals surface area (Å²) in [7, 11) is 0. The molecule has 2 heterocycles. The fourth-order valence-electron chi connectivity index (χ4n) is 17.0. The average Bonchev–Trinajstić information content (AvgIpc) is 0.802. The van der Waals surface area contributed by atoms with Crippen LogP contribution in [0.4, 0.5) is 0 Å². The molecule has 0 saturated carbocycles. The molecule has 0 bridgehead atoms. The van der Waals surface area contributed by atoms with Crippen molar-refractivity contribution in [3.05, 3.63) is 505 Å². The van der Waals surface area contributed by atoms with Crippen LogP contribution in [-0.2, 0) is 27.1 Å². The standard InChI is InChI=1S/C15H14OS2.C15H16S4.C15H14S3.2C15H16S2.5C10H8/c1-15(2)11-5-3-9(17)7-13(11)16-14-8-10(18)4-6-12(14)15;1-15(2,11-5-3-9(16)7-13(11)18)12-6-4-10(17)8-14(12)19;1-15(2)11-5-3-9(16)7-13(11)18-14-8-10(17)4-6-12(14)15;1-15(2,11-3-7-13(16)8-4-11)12-5-9-14(17)10-6-12;1-15(2,11-7-3-5-9-13(11)16)12-8-4-6-10-14(12)17;5*1-2-6-10-8-4-3-7-9(10)5-1/h3-8,17-18H,1-2H3;3-8,16-19H,1-2H3;3-8,16-17H,1-2H3;2*3-10,16-17H,1-2H3;5*1-8H. The Bertz CT molecular complexity index is 6420. The van der Waals surface area contributed by atoms with Gasteiger partial charge in [0, 0.05) is 107 Å². The van der Waals surface area contributed by atoms with Gasteiger partial charge in [0.15, 0.2) is 0 Å². The van der Waals surface area contributed by atoms with Gasteiger partial charge in [-0.1, -0.05) is 421 Å². The summed E-state index contributed by atoms with van der Waals surface area (Å²) in [6.07, 6.45) is 0. The molecule has 20 aromatic carbocycles. The molecule has 22 rings (SSSR count). The summed E-state index contributed by atoms with van der Waals surface area (Å²) < 4.78 is 5.98. The van der Waals surface area contributed by atoms with E-state index in [0.29, 0.717) is 0 Å². The van der Waals surface area contributed by atoms with Crippen LogP contribution in [0.2, 0.25) is 0 Å². The zero-order valence-electron chi connectivity index (χ0n) is 79.4. The summed E-state index contributed by atoms with van der Waals surface area (Å²) in [4.78, 5) is 14.2. The van der Waals surface area contributed by atoms with Crippen LogP contribution in [0.3, 0.4) is 0 Å². The molecule has 0 unspecified atom stereocenters. The molecule has 0 aliphatic carbocycles. The molecule has 20 aromatic rings. The van der Waals surface area contributed by atoms with Gasteiger partial charge < -0.3 is 4.74 Å². The van der Waals surface area contributed by atoms with Crippen molar-refractivity contribution < 1.29 is 4.74 Å². The maximum atomic E-state index is 5.98. The molecule has 1 nitrogen and oxygen atoms in total. The number of ether oxygens (including phenoxy) is 1. The highest BCUT2D eigenvalue weighted by molar-refractivity contribution is 7.99. The topological polar surface area (TPSA) is 9.23 Å². The van der Waals surface area contributed by atoms with Crippen molar-refractivity contribution >= 4 is 217 Å². The van der Waals surface area contributed by atoms with Gasteiger partial charge in [-0.05, 0) is 208 Å². The molecule has 0 atom stereocenters. The number of hydrogen-bond donors (Lipinski definition) is 12. The van der Waals surface area contributed by atoms with Crippen molar-refractivity contribution in [2.45, 2.75) is 165 Å². The van der Waals surface area contributed by atoms with Crippen LogP contribution >= 0.6 is 163 Å². The van der Waals surface area contributed by atoms with Crippen molar-refractivity contribution in [1.29, 1.82) is 0 Å². The van der Waals surface area contributed by atoms with E-state index < -0.39 is 0 Å². The lowest BCUT2D eigenvalue weighted by Crippen LogP contribution is -2.24. The van der Waals surface area contributed by atoms with E-state index in [-0.39, 0.29) is 27.1 Å². The Morgan fingerprint density at radius 1 is 0.187 bits per heavy atom. The van der Waals surface area contributed by atoms with Gasteiger partial charge in [-0.3, -0.25) is 0 Å². The third-order valence-corrected chi connectivity index (χ3v) is 29.8. The highest BCUT2D eigenvalue weighted by Crippen LogP contribution is 2.52. The molecule has 139 heavy (non-hydrogen) atoms. The van der Waals surface area contributed by atoms with Crippen molar-refractivity contribution in [3.63, 3.8) is 0 Å². The molecule has 2 aliphatic rings. The van der Waals surface area contributed by atoms with Crippen molar-refractivity contribution in [2.24, 2.45) is 0 Å². The lowest BCUT2D eigenvalue weighted by atomic mass is 9.76. The van der Waals surface area contributed by atoms with Gasteiger partial charge >= 0.3 is 0 Å². The summed E-state index contributed by atoms with van der Waals surface area (Å²) in [5.74, 6) is 1.78. The number of rotatable bonds is 6. The van der Waals surface area contributed by atoms with Gasteiger partial charge in [-0.2, -0.15) is 0 Å². The highest BCUT2D eigenvalue weighted by atomic mass is 32.2. The Kier molecular flexibility index (Phi) is 38.0. The second kappa shape index (κ2) is 49.6. The van der Waals surface area contributed by atoms with E-state index in [4.69, 9.17) is 4.74 Å². The lowest BCUT2D eigenvalue weighted by molar-refractivity contribution is 0.415. The summed E-state index contributed by atoms with van der Waals surface area (Å²) in [6.45, 7) is 22.2. The first-order valence-electron chi connectivity index (χ1n) is 45.7. The van der Waals surface area contributed by atoms with Crippen LogP contribution in [-0.4, -0.2) is 0 Å². The molecule has 700 valence electrons. The van der Waals surface area contributed by atoms with E-state index >= 15 is 0 Å². The molecule has 0 radical (unpaired) electrons. The van der Waals surface area contributed by atoms with E-state index in [9.17, 15) is 0 Å². The predicted molar refractivity (Wildman–Crippen MR) is 636 cm³/mol. The first kappa shape index (κ1) is 106. The monoisotopic (exact) mass is 2050 g/mol. The van der Waals surface area contributed by atoms with Gasteiger partial charge in [0.1, 0.15) is 11.5 Å². The number of hydrogen-bond acceptors (Lipinski definition) is 14. The average molecular weight is 2050 g/mol. The fourth-order valence-corrected chi connectivity index (χ4v) is 22.2. The maximum absolute atomic E-state index is 5.98. The van der Waals surface area contributed by atoms with Gasteiger partial charge in [-0.25, -0.2) is 0 Å². The molecule has 0 spiro atoms. The first-order chi connectivity index (χ1) is 66.6. The van der Waals surface area contributed by atoms with E-state index in [2.05, 4.69) is 573 Å². The van der Waals surface area contributed by atoms with E-state index in [1.807, 2.05) is 109 Å². The number of fused-ring (bicyclic) bond motifs is 9. The minimum atomic E-state index is -0.170. The molecular formula is C125H116OS13. The second-order valence-corrected chi connectivity index (χ2v) is 43.5. The van der Waals surface area contributed by atoms with E-state index in [1.54, 1.807) is 0 Å². The zero-order valence-corrected chi connectivity index (χ0v) is 91.0. The second-order valence-electron chi connectivity index (χ2n) is 36.3. The van der Waals surface area contributed by atoms with Gasteiger partial charge in [0.25, 0.3) is 0 Å². The lowest BCUT2D eigenvalue weighted by Gasteiger charge is -2.34. The predicted octanol–water partition coefficient (Wildman–Crippen LogP) is 38.3. The maximum Gasteiger partial charge on any atom is 0.132 e.